The number of imidazole rings is 1. The van der Waals surface area contributed by atoms with E-state index in [2.05, 4.69) is 19.9 Å². The lowest BCUT2D eigenvalue weighted by molar-refractivity contribution is 0.380. The number of nitrogens with zero attached hydrogens (tertiary/aromatic N) is 5. The van der Waals surface area contributed by atoms with Crippen LogP contribution in [0.3, 0.4) is 0 Å². The second kappa shape index (κ2) is 6.84. The van der Waals surface area contributed by atoms with Crippen LogP contribution in [0.15, 0.2) is 36.7 Å². The number of aromatic hydroxyl groups is 1. The number of aromatic nitrogens is 5. The van der Waals surface area contributed by atoms with Crippen molar-refractivity contribution >= 4 is 11.2 Å². The predicted molar refractivity (Wildman–Crippen MR) is 97.0 cm³/mol. The van der Waals surface area contributed by atoms with Gasteiger partial charge in [-0.05, 0) is 19.1 Å². The maximum absolute atomic E-state index is 14.3. The summed E-state index contributed by atoms with van der Waals surface area (Å²) in [6.07, 6.45) is 2.55. The number of phenolic OH excluding ortho intramolecular Hbond substituents is 1. The first-order chi connectivity index (χ1) is 13.5. The maximum atomic E-state index is 14.3. The Morgan fingerprint density at radius 1 is 1.11 bits per heavy atom. The van der Waals surface area contributed by atoms with E-state index in [4.69, 9.17) is 4.74 Å². The fourth-order valence-corrected chi connectivity index (χ4v) is 2.94. The molecule has 0 radical (unpaired) electrons. The lowest BCUT2D eigenvalue weighted by atomic mass is 10.2. The smallest absolute Gasteiger partial charge is 0.318 e. The molecule has 28 heavy (non-hydrogen) atoms. The third-order valence-corrected chi connectivity index (χ3v) is 4.26. The number of rotatable bonds is 4. The van der Waals surface area contributed by atoms with E-state index >= 15 is 0 Å². The summed E-state index contributed by atoms with van der Waals surface area (Å²) in [5, 5.41) is 9.46. The largest absolute Gasteiger partial charge is 0.508 e. The quantitative estimate of drug-likeness (QED) is 0.582. The van der Waals surface area contributed by atoms with Crippen LogP contribution in [0.5, 0.6) is 11.8 Å². The minimum atomic E-state index is -0.581. The topological polar surface area (TPSA) is 86.0 Å². The van der Waals surface area contributed by atoms with Gasteiger partial charge >= 0.3 is 6.01 Å². The Labute approximate surface area is 158 Å². The van der Waals surface area contributed by atoms with Crippen LogP contribution in [0.25, 0.3) is 22.6 Å². The molecule has 1 N–H and O–H groups in total. The van der Waals surface area contributed by atoms with E-state index in [1.165, 1.54) is 31.5 Å². The Bertz CT molecular complexity index is 1190. The molecule has 0 amide bonds. The lowest BCUT2D eigenvalue weighted by Gasteiger charge is -2.10. The second-order valence-corrected chi connectivity index (χ2v) is 6.16. The number of halogens is 2. The van der Waals surface area contributed by atoms with Crippen LogP contribution in [0.4, 0.5) is 8.78 Å². The van der Waals surface area contributed by atoms with Crippen LogP contribution >= 0.6 is 0 Å². The number of methoxy groups -OCH3 is 1. The summed E-state index contributed by atoms with van der Waals surface area (Å²) in [7, 11) is 1.44. The molecule has 0 aliphatic rings. The van der Waals surface area contributed by atoms with Crippen molar-refractivity contribution in [2.45, 2.75) is 13.5 Å². The molecule has 0 saturated heterocycles. The van der Waals surface area contributed by atoms with Crippen molar-refractivity contribution in [3.05, 3.63) is 59.6 Å². The van der Waals surface area contributed by atoms with Crippen molar-refractivity contribution in [3.63, 3.8) is 0 Å². The van der Waals surface area contributed by atoms with Crippen LogP contribution in [0.1, 0.15) is 11.3 Å². The highest BCUT2D eigenvalue weighted by molar-refractivity contribution is 5.79. The third-order valence-electron chi connectivity index (χ3n) is 4.26. The summed E-state index contributed by atoms with van der Waals surface area (Å²) in [5.41, 5.74) is 2.18. The normalized spacial score (nSPS) is 11.1. The van der Waals surface area contributed by atoms with Crippen molar-refractivity contribution in [3.8, 4) is 23.1 Å². The average Bonchev–Trinajstić information content (AvgIpc) is 3.03. The van der Waals surface area contributed by atoms with Gasteiger partial charge in [-0.1, -0.05) is 6.07 Å². The molecule has 0 atom stereocenters. The van der Waals surface area contributed by atoms with E-state index in [-0.39, 0.29) is 18.3 Å². The zero-order chi connectivity index (χ0) is 19.8. The molecule has 9 heteroatoms. The molecular weight excluding hydrogens is 368 g/mol. The van der Waals surface area contributed by atoms with Crippen molar-refractivity contribution in [1.29, 1.82) is 0 Å². The molecule has 0 aliphatic heterocycles. The highest BCUT2D eigenvalue weighted by atomic mass is 19.1. The fraction of sp³-hybridized carbons (Fsp3) is 0.158. The predicted octanol–water partition coefficient (Wildman–Crippen LogP) is 3.24. The minimum Gasteiger partial charge on any atom is -0.508 e. The molecule has 3 heterocycles. The van der Waals surface area contributed by atoms with Gasteiger partial charge in [-0.15, -0.1) is 0 Å². The Kier molecular flexibility index (Phi) is 4.34. The standard InChI is InChI=1S/C19H15F2N5O2/c1-10-16-18(25-19(23-10)28-2)26(9-11-3-4-14(27)6-15(11)21)17(24-16)12-5-13(20)8-22-7-12/h3-8,27H,9H2,1-2H3. The van der Waals surface area contributed by atoms with Crippen molar-refractivity contribution in [1.82, 2.24) is 24.5 Å². The monoisotopic (exact) mass is 383 g/mol. The first-order valence-electron chi connectivity index (χ1n) is 8.33. The third kappa shape index (κ3) is 3.11. The molecule has 0 fully saturated rings. The molecule has 0 unspecified atom stereocenters. The van der Waals surface area contributed by atoms with Crippen LogP contribution in [-0.2, 0) is 6.54 Å². The summed E-state index contributed by atoms with van der Waals surface area (Å²) in [6, 6.07) is 5.31. The van der Waals surface area contributed by atoms with Crippen molar-refractivity contribution in [2.24, 2.45) is 0 Å². The first kappa shape index (κ1) is 17.8. The maximum Gasteiger partial charge on any atom is 0.318 e. The van der Waals surface area contributed by atoms with Crippen LogP contribution in [0.2, 0.25) is 0 Å². The van der Waals surface area contributed by atoms with E-state index < -0.39 is 11.6 Å². The van der Waals surface area contributed by atoms with Crippen LogP contribution in [-0.4, -0.2) is 36.7 Å². The molecule has 142 valence electrons. The van der Waals surface area contributed by atoms with Gasteiger partial charge < -0.3 is 14.4 Å². The SMILES string of the molecule is COc1nc(C)c2nc(-c3cncc(F)c3)n(Cc3ccc(O)cc3F)c2n1. The zero-order valence-electron chi connectivity index (χ0n) is 15.0. The number of pyridine rings is 1. The average molecular weight is 383 g/mol. The van der Waals surface area contributed by atoms with Gasteiger partial charge in [0.25, 0.3) is 0 Å². The molecule has 7 nitrogen and oxygen atoms in total. The van der Waals surface area contributed by atoms with Gasteiger partial charge in [0.1, 0.15) is 28.7 Å². The van der Waals surface area contributed by atoms with Gasteiger partial charge in [0.2, 0.25) is 0 Å². The zero-order valence-corrected chi connectivity index (χ0v) is 15.0. The number of hydrogen-bond donors (Lipinski definition) is 1. The van der Waals surface area contributed by atoms with Gasteiger partial charge in [-0.3, -0.25) is 4.98 Å². The molecule has 0 bridgehead atoms. The van der Waals surface area contributed by atoms with Crippen LogP contribution < -0.4 is 4.74 Å². The highest BCUT2D eigenvalue weighted by Crippen LogP contribution is 2.28. The first-order valence-corrected chi connectivity index (χ1v) is 8.33. The Morgan fingerprint density at radius 2 is 1.93 bits per heavy atom. The Hall–Kier alpha value is -3.62. The number of ether oxygens (including phenoxy) is 1. The van der Waals surface area contributed by atoms with Gasteiger partial charge in [0.15, 0.2) is 5.65 Å². The lowest BCUT2D eigenvalue weighted by Crippen LogP contribution is -2.06. The van der Waals surface area contributed by atoms with E-state index in [1.807, 2.05) is 0 Å². The summed E-state index contributed by atoms with van der Waals surface area (Å²) in [5.74, 6) is -0.915. The molecule has 4 rings (SSSR count). The Balaban J connectivity index is 1.97. The van der Waals surface area contributed by atoms with Gasteiger partial charge in [-0.2, -0.15) is 9.97 Å². The van der Waals surface area contributed by atoms with Crippen molar-refractivity contribution < 1.29 is 18.6 Å². The van der Waals surface area contributed by atoms with Crippen LogP contribution in [0, 0.1) is 18.6 Å². The molecule has 0 aliphatic carbocycles. The highest BCUT2D eigenvalue weighted by Gasteiger charge is 2.19. The molecular formula is C19H15F2N5O2. The van der Waals surface area contributed by atoms with Gasteiger partial charge in [0.05, 0.1) is 25.5 Å². The summed E-state index contributed by atoms with van der Waals surface area (Å²) >= 11 is 0. The molecule has 1 aromatic carbocycles. The van der Waals surface area contributed by atoms with Gasteiger partial charge in [-0.25, -0.2) is 13.8 Å². The van der Waals surface area contributed by atoms with E-state index in [0.717, 1.165) is 12.3 Å². The minimum absolute atomic E-state index is 0.0497. The number of aryl methyl sites for hydroxylation is 1. The number of phenols is 1. The fourth-order valence-electron chi connectivity index (χ4n) is 2.94. The summed E-state index contributed by atoms with van der Waals surface area (Å²) < 4.78 is 34.9. The van der Waals surface area contributed by atoms with E-state index in [1.54, 1.807) is 11.5 Å². The summed E-state index contributed by atoms with van der Waals surface area (Å²) in [4.78, 5) is 17.0. The van der Waals surface area contributed by atoms with E-state index in [0.29, 0.717) is 33.8 Å². The molecule has 0 saturated carbocycles. The number of benzene rings is 1. The molecule has 0 spiro atoms. The van der Waals surface area contributed by atoms with Gasteiger partial charge in [0, 0.05) is 23.4 Å². The molecule has 3 aromatic heterocycles. The Morgan fingerprint density at radius 3 is 2.64 bits per heavy atom. The van der Waals surface area contributed by atoms with E-state index in [9.17, 15) is 13.9 Å². The number of fused-ring (bicyclic) bond motifs is 1. The van der Waals surface area contributed by atoms with Crippen molar-refractivity contribution in [2.75, 3.05) is 7.11 Å². The summed E-state index contributed by atoms with van der Waals surface area (Å²) in [6.45, 7) is 1.80. The second-order valence-electron chi connectivity index (χ2n) is 6.16. The molecule has 4 aromatic rings. The number of hydrogen-bond acceptors (Lipinski definition) is 6.